The van der Waals surface area contributed by atoms with E-state index in [4.69, 9.17) is 5.73 Å². The van der Waals surface area contributed by atoms with Gasteiger partial charge in [0.15, 0.2) is 0 Å². The molecule has 0 saturated heterocycles. The smallest absolute Gasteiger partial charge is 0.343 e. The first kappa shape index (κ1) is 13.2. The minimum atomic E-state index is 0. The Morgan fingerprint density at radius 1 is 1.00 bits per heavy atom. The Morgan fingerprint density at radius 2 is 1.56 bits per heavy atom. The van der Waals surface area contributed by atoms with Crippen LogP contribution in [0.3, 0.4) is 0 Å². The van der Waals surface area contributed by atoms with Crippen molar-refractivity contribution in [3.8, 4) is 0 Å². The van der Waals surface area contributed by atoms with Crippen LogP contribution in [0.25, 0.3) is 0 Å². The van der Waals surface area contributed by atoms with Crippen molar-refractivity contribution in [2.24, 2.45) is 5.73 Å². The molecule has 0 atom stereocenters. The van der Waals surface area contributed by atoms with Gasteiger partial charge in [-0.1, -0.05) is 19.3 Å². The van der Waals surface area contributed by atoms with Crippen molar-refractivity contribution in [2.75, 3.05) is 6.54 Å². The molecule has 0 aromatic carbocycles. The van der Waals surface area contributed by atoms with Crippen LogP contribution in [-0.2, 0) is 0 Å². The topological polar surface area (TPSA) is 26.0 Å². The molecule has 9 heavy (non-hydrogen) atoms. The molecule has 0 aliphatic rings. The zero-order valence-corrected chi connectivity index (χ0v) is 9.65. The van der Waals surface area contributed by atoms with Crippen molar-refractivity contribution in [1.29, 1.82) is 0 Å². The Morgan fingerprint density at radius 3 is 2.00 bits per heavy atom. The minimum absolute atomic E-state index is 0. The maximum Gasteiger partial charge on any atom is 1.00 e. The molecule has 2 N–H and O–H groups in total. The number of rotatable bonds is 5. The minimum Gasteiger partial charge on any atom is -0.343 e. The van der Waals surface area contributed by atoms with Gasteiger partial charge in [0.2, 0.25) is 0 Å². The average molecular weight is 153 g/mol. The normalized spacial score (nSPS) is 8.67. The van der Waals surface area contributed by atoms with Gasteiger partial charge in [-0.15, -0.1) is 0 Å². The standard InChI is InChI=1S/C7H16N.K/c1-2-3-4-5-6-7-8;/h1-8H2;/q-1;+1. The van der Waals surface area contributed by atoms with E-state index in [1.54, 1.807) is 0 Å². The zero-order chi connectivity index (χ0) is 6.24. The molecule has 0 unspecified atom stereocenters. The van der Waals surface area contributed by atoms with Crippen LogP contribution in [0, 0.1) is 6.92 Å². The van der Waals surface area contributed by atoms with Crippen LogP contribution in [-0.4, -0.2) is 6.54 Å². The molecule has 0 heterocycles. The summed E-state index contributed by atoms with van der Waals surface area (Å²) >= 11 is 0. The van der Waals surface area contributed by atoms with Crippen LogP contribution in [0.5, 0.6) is 0 Å². The summed E-state index contributed by atoms with van der Waals surface area (Å²) in [5.74, 6) is 0. The van der Waals surface area contributed by atoms with Crippen LogP contribution in [0.4, 0.5) is 0 Å². The Bertz CT molecular complexity index is 33.9. The maximum absolute atomic E-state index is 5.30. The molecular weight excluding hydrogens is 137 g/mol. The molecule has 2 heteroatoms. The molecule has 0 aromatic rings. The summed E-state index contributed by atoms with van der Waals surface area (Å²) in [5.41, 5.74) is 5.30. The molecule has 0 fully saturated rings. The Kier molecular flexibility index (Phi) is 18.0. The summed E-state index contributed by atoms with van der Waals surface area (Å²) < 4.78 is 0. The van der Waals surface area contributed by atoms with Crippen molar-refractivity contribution >= 4 is 0 Å². The Hall–Kier alpha value is 1.60. The quantitative estimate of drug-likeness (QED) is 0.298. The van der Waals surface area contributed by atoms with Crippen LogP contribution in [0.2, 0.25) is 0 Å². The molecule has 0 aliphatic heterocycles. The van der Waals surface area contributed by atoms with Gasteiger partial charge in [0.05, 0.1) is 0 Å². The van der Waals surface area contributed by atoms with Gasteiger partial charge in [0, 0.05) is 0 Å². The van der Waals surface area contributed by atoms with Crippen molar-refractivity contribution in [1.82, 2.24) is 0 Å². The first-order chi connectivity index (χ1) is 3.91. The van der Waals surface area contributed by atoms with E-state index < -0.39 is 0 Å². The molecule has 0 amide bonds. The van der Waals surface area contributed by atoms with Crippen molar-refractivity contribution in [3.63, 3.8) is 0 Å². The molecule has 0 spiro atoms. The van der Waals surface area contributed by atoms with Crippen LogP contribution < -0.4 is 57.1 Å². The van der Waals surface area contributed by atoms with Gasteiger partial charge in [-0.3, -0.25) is 0 Å². The largest absolute Gasteiger partial charge is 1.00 e. The summed E-state index contributed by atoms with van der Waals surface area (Å²) in [6.07, 6.45) is 6.11. The first-order valence-corrected chi connectivity index (χ1v) is 3.41. The summed E-state index contributed by atoms with van der Waals surface area (Å²) in [7, 11) is 0. The van der Waals surface area contributed by atoms with Gasteiger partial charge in [0.25, 0.3) is 0 Å². The van der Waals surface area contributed by atoms with E-state index in [1.165, 1.54) is 25.7 Å². The third-order valence-corrected chi connectivity index (χ3v) is 1.20. The number of hydrogen-bond acceptors (Lipinski definition) is 1. The van der Waals surface area contributed by atoms with E-state index in [2.05, 4.69) is 6.92 Å². The summed E-state index contributed by atoms with van der Waals surface area (Å²) in [6, 6.07) is 0. The molecule has 0 aromatic heterocycles. The van der Waals surface area contributed by atoms with Gasteiger partial charge in [-0.05, 0) is 13.0 Å². The molecular formula is C7H16KN. The number of hydrogen-bond donors (Lipinski definition) is 1. The summed E-state index contributed by atoms with van der Waals surface area (Å²) in [6.45, 7) is 4.60. The van der Waals surface area contributed by atoms with E-state index in [0.717, 1.165) is 13.0 Å². The van der Waals surface area contributed by atoms with Gasteiger partial charge in [-0.25, -0.2) is 0 Å². The molecule has 0 saturated carbocycles. The van der Waals surface area contributed by atoms with Crippen LogP contribution in [0.1, 0.15) is 32.1 Å². The Balaban J connectivity index is 0. The molecule has 0 aliphatic carbocycles. The predicted molar refractivity (Wildman–Crippen MR) is 37.5 cm³/mol. The fourth-order valence-corrected chi connectivity index (χ4v) is 0.675. The second-order valence-electron chi connectivity index (χ2n) is 2.06. The SMILES string of the molecule is [CH2-]CCCCCCN.[K+]. The first-order valence-electron chi connectivity index (χ1n) is 3.41. The average Bonchev–Trinajstić information content (AvgIpc) is 1.81. The fraction of sp³-hybridized carbons (Fsp3) is 0.857. The number of nitrogens with two attached hydrogens (primary N) is 1. The van der Waals surface area contributed by atoms with E-state index in [9.17, 15) is 0 Å². The van der Waals surface area contributed by atoms with Crippen LogP contribution >= 0.6 is 0 Å². The molecule has 0 rings (SSSR count). The molecule has 0 radical (unpaired) electrons. The predicted octanol–water partition coefficient (Wildman–Crippen LogP) is -1.27. The maximum atomic E-state index is 5.30. The zero-order valence-electron chi connectivity index (χ0n) is 6.53. The Labute approximate surface area is 101 Å². The van der Waals surface area contributed by atoms with Gasteiger partial charge in [-0.2, -0.15) is 6.42 Å². The third-order valence-electron chi connectivity index (χ3n) is 1.20. The summed E-state index contributed by atoms with van der Waals surface area (Å²) in [5, 5.41) is 0. The van der Waals surface area contributed by atoms with Crippen LogP contribution in [0.15, 0.2) is 0 Å². The van der Waals surface area contributed by atoms with E-state index in [1.807, 2.05) is 0 Å². The van der Waals surface area contributed by atoms with E-state index in [-0.39, 0.29) is 51.4 Å². The second kappa shape index (κ2) is 12.3. The van der Waals surface area contributed by atoms with E-state index in [0.29, 0.717) is 0 Å². The molecule has 50 valence electrons. The molecule has 0 bridgehead atoms. The van der Waals surface area contributed by atoms with E-state index >= 15 is 0 Å². The number of unbranched alkanes of at least 4 members (excludes halogenated alkanes) is 4. The fourth-order valence-electron chi connectivity index (χ4n) is 0.675. The monoisotopic (exact) mass is 153 g/mol. The van der Waals surface area contributed by atoms with Crippen molar-refractivity contribution < 1.29 is 51.4 Å². The molecule has 1 nitrogen and oxygen atoms in total. The van der Waals surface area contributed by atoms with Crippen molar-refractivity contribution in [3.05, 3.63) is 6.92 Å². The second-order valence-corrected chi connectivity index (χ2v) is 2.06. The van der Waals surface area contributed by atoms with Gasteiger partial charge in [0.1, 0.15) is 0 Å². The van der Waals surface area contributed by atoms with Crippen molar-refractivity contribution in [2.45, 2.75) is 32.1 Å². The summed E-state index contributed by atoms with van der Waals surface area (Å²) in [4.78, 5) is 0. The van der Waals surface area contributed by atoms with Gasteiger partial charge < -0.3 is 12.7 Å². The van der Waals surface area contributed by atoms with Gasteiger partial charge >= 0.3 is 51.4 Å². The third kappa shape index (κ3) is 12.7.